The largest absolute Gasteiger partial charge is 0.417 e. The molecule has 1 heterocycles. The van der Waals surface area contributed by atoms with Gasteiger partial charge in [-0.05, 0) is 29.0 Å². The first-order valence-electron chi connectivity index (χ1n) is 11.4. The highest BCUT2D eigenvalue weighted by atomic mass is 19.4. The van der Waals surface area contributed by atoms with Crippen molar-refractivity contribution in [1.82, 2.24) is 14.8 Å². The number of benzene rings is 3. The molecule has 4 aromatic rings. The minimum absolute atomic E-state index is 0.0525. The van der Waals surface area contributed by atoms with Gasteiger partial charge in [-0.15, -0.1) is 10.2 Å². The maximum absolute atomic E-state index is 14.1. The molecule has 0 saturated heterocycles. The molecular formula is C28H25F3N4. The maximum atomic E-state index is 14.1. The van der Waals surface area contributed by atoms with Gasteiger partial charge in [0, 0.05) is 11.1 Å². The van der Waals surface area contributed by atoms with Crippen molar-refractivity contribution < 1.29 is 13.2 Å². The predicted molar refractivity (Wildman–Crippen MR) is 132 cm³/mol. The molecule has 0 unspecified atom stereocenters. The molecule has 0 aliphatic heterocycles. The Hall–Kier alpha value is -3.92. The van der Waals surface area contributed by atoms with E-state index in [1.54, 1.807) is 4.57 Å². The number of hydrogen-bond donors (Lipinski definition) is 0. The van der Waals surface area contributed by atoms with Crippen LogP contribution in [-0.4, -0.2) is 14.8 Å². The summed E-state index contributed by atoms with van der Waals surface area (Å²) in [6, 6.07) is 18.6. The van der Waals surface area contributed by atoms with Crippen LogP contribution < -0.4 is 0 Å². The second kappa shape index (κ2) is 9.38. The minimum Gasteiger partial charge on any atom is -0.274 e. The number of rotatable bonds is 5. The lowest BCUT2D eigenvalue weighted by molar-refractivity contribution is -0.137. The van der Waals surface area contributed by atoms with Gasteiger partial charge in [-0.1, -0.05) is 88.4 Å². The fourth-order valence-corrected chi connectivity index (χ4v) is 4.25. The van der Waals surface area contributed by atoms with Crippen molar-refractivity contribution in [2.75, 3.05) is 0 Å². The van der Waals surface area contributed by atoms with E-state index in [1.165, 1.54) is 12.1 Å². The third-order valence-electron chi connectivity index (χ3n) is 5.94. The van der Waals surface area contributed by atoms with E-state index >= 15 is 0 Å². The Balaban J connectivity index is 2.18. The molecule has 0 saturated carbocycles. The van der Waals surface area contributed by atoms with Crippen molar-refractivity contribution in [3.05, 3.63) is 94.8 Å². The van der Waals surface area contributed by atoms with E-state index in [0.29, 0.717) is 5.82 Å². The molecule has 0 radical (unpaired) electrons. The molecule has 4 rings (SSSR count). The summed E-state index contributed by atoms with van der Waals surface area (Å²) in [5, 5.41) is 8.69. The molecule has 4 nitrogen and oxygen atoms in total. The Morgan fingerprint density at radius 2 is 1.40 bits per heavy atom. The summed E-state index contributed by atoms with van der Waals surface area (Å²) < 4.78 is 44.1. The van der Waals surface area contributed by atoms with Crippen LogP contribution in [0.25, 0.3) is 33.3 Å². The Labute approximate surface area is 202 Å². The molecule has 0 aliphatic carbocycles. The van der Waals surface area contributed by atoms with E-state index < -0.39 is 11.7 Å². The van der Waals surface area contributed by atoms with Gasteiger partial charge >= 0.3 is 6.18 Å². The third kappa shape index (κ3) is 4.57. The first-order valence-corrected chi connectivity index (χ1v) is 11.4. The van der Waals surface area contributed by atoms with E-state index in [-0.39, 0.29) is 28.9 Å². The second-order valence-electron chi connectivity index (χ2n) is 8.98. The standard InChI is InChI=1S/C28H25F3N4/c1-17(2)21-12-9-13-22(18(3)4)25(21)35-26(19-10-7-6-8-11-19)33-34-27(35)23-16-20(32-5)14-15-24(23)28(29,30)31/h6-18H,1-4H3. The Morgan fingerprint density at radius 3 is 1.94 bits per heavy atom. The number of nitrogens with zero attached hydrogens (tertiary/aromatic N) is 4. The van der Waals surface area contributed by atoms with Crippen LogP contribution in [0.5, 0.6) is 0 Å². The van der Waals surface area contributed by atoms with Crippen LogP contribution in [0.3, 0.4) is 0 Å². The molecule has 0 aliphatic rings. The summed E-state index contributed by atoms with van der Waals surface area (Å²) in [6.07, 6.45) is -4.63. The van der Waals surface area contributed by atoms with Crippen LogP contribution in [0.1, 0.15) is 56.2 Å². The van der Waals surface area contributed by atoms with Crippen molar-refractivity contribution in [2.45, 2.75) is 45.7 Å². The molecule has 35 heavy (non-hydrogen) atoms. The van der Waals surface area contributed by atoms with E-state index in [2.05, 4.69) is 42.7 Å². The number of para-hydroxylation sites is 1. The molecule has 3 aromatic carbocycles. The van der Waals surface area contributed by atoms with Crippen molar-refractivity contribution in [2.24, 2.45) is 0 Å². The molecule has 0 N–H and O–H groups in total. The average molecular weight is 475 g/mol. The van der Waals surface area contributed by atoms with E-state index in [9.17, 15) is 13.2 Å². The first kappa shape index (κ1) is 24.2. The van der Waals surface area contributed by atoms with Crippen molar-refractivity contribution >= 4 is 5.69 Å². The Bertz CT molecular complexity index is 1370. The van der Waals surface area contributed by atoms with Gasteiger partial charge in [-0.3, -0.25) is 4.57 Å². The van der Waals surface area contributed by atoms with E-state index in [4.69, 9.17) is 6.57 Å². The zero-order valence-corrected chi connectivity index (χ0v) is 19.9. The van der Waals surface area contributed by atoms with E-state index in [0.717, 1.165) is 28.4 Å². The monoisotopic (exact) mass is 474 g/mol. The topological polar surface area (TPSA) is 35.1 Å². The summed E-state index contributed by atoms with van der Waals surface area (Å²) in [5.74, 6) is 0.687. The van der Waals surface area contributed by atoms with Gasteiger partial charge in [-0.2, -0.15) is 13.2 Å². The second-order valence-corrected chi connectivity index (χ2v) is 8.98. The first-order chi connectivity index (χ1) is 16.6. The lowest BCUT2D eigenvalue weighted by Gasteiger charge is -2.23. The summed E-state index contributed by atoms with van der Waals surface area (Å²) in [5.41, 5.74) is 2.53. The van der Waals surface area contributed by atoms with Gasteiger partial charge in [-0.25, -0.2) is 4.85 Å². The zero-order chi connectivity index (χ0) is 25.3. The number of alkyl halides is 3. The molecular weight excluding hydrogens is 449 g/mol. The number of halogens is 3. The molecule has 0 atom stereocenters. The van der Waals surface area contributed by atoms with Gasteiger partial charge in [0.1, 0.15) is 0 Å². The quantitative estimate of drug-likeness (QED) is 0.272. The molecule has 0 fully saturated rings. The van der Waals surface area contributed by atoms with Gasteiger partial charge in [0.15, 0.2) is 17.3 Å². The summed E-state index contributed by atoms with van der Waals surface area (Å²) >= 11 is 0. The Kier molecular flexibility index (Phi) is 6.49. The molecule has 0 bridgehead atoms. The van der Waals surface area contributed by atoms with Crippen LogP contribution in [0, 0.1) is 6.57 Å². The van der Waals surface area contributed by atoms with Crippen molar-refractivity contribution in [1.29, 1.82) is 0 Å². The molecule has 1 aromatic heterocycles. The number of hydrogen-bond acceptors (Lipinski definition) is 2. The highest BCUT2D eigenvalue weighted by Gasteiger charge is 2.36. The molecule has 0 amide bonds. The normalized spacial score (nSPS) is 11.8. The fraction of sp³-hybridized carbons (Fsp3) is 0.250. The number of aromatic nitrogens is 3. The summed E-state index contributed by atoms with van der Waals surface area (Å²) in [7, 11) is 0. The van der Waals surface area contributed by atoms with Crippen LogP contribution in [0.4, 0.5) is 18.9 Å². The smallest absolute Gasteiger partial charge is 0.274 e. The summed E-state index contributed by atoms with van der Waals surface area (Å²) in [6.45, 7) is 15.6. The lowest BCUT2D eigenvalue weighted by atomic mass is 9.92. The van der Waals surface area contributed by atoms with Gasteiger partial charge in [0.25, 0.3) is 0 Å². The van der Waals surface area contributed by atoms with Gasteiger partial charge < -0.3 is 0 Å². The molecule has 0 spiro atoms. The maximum Gasteiger partial charge on any atom is 0.417 e. The summed E-state index contributed by atoms with van der Waals surface area (Å²) in [4.78, 5) is 3.36. The SMILES string of the molecule is [C-]#[N+]c1ccc(C(F)(F)F)c(-c2nnc(-c3ccccc3)n2-c2c(C(C)C)cccc2C(C)C)c1. The van der Waals surface area contributed by atoms with Crippen molar-refractivity contribution in [3.63, 3.8) is 0 Å². The highest BCUT2D eigenvalue weighted by Crippen LogP contribution is 2.42. The lowest BCUT2D eigenvalue weighted by Crippen LogP contribution is -2.12. The van der Waals surface area contributed by atoms with Crippen LogP contribution in [0.2, 0.25) is 0 Å². The van der Waals surface area contributed by atoms with Crippen molar-refractivity contribution in [3.8, 4) is 28.5 Å². The zero-order valence-electron chi connectivity index (χ0n) is 19.9. The Morgan fingerprint density at radius 1 is 0.800 bits per heavy atom. The van der Waals surface area contributed by atoms with Crippen LogP contribution >= 0.6 is 0 Å². The van der Waals surface area contributed by atoms with Crippen LogP contribution in [-0.2, 0) is 6.18 Å². The third-order valence-corrected chi connectivity index (χ3v) is 5.94. The average Bonchev–Trinajstić information content (AvgIpc) is 3.27. The van der Waals surface area contributed by atoms with Gasteiger partial charge in [0.05, 0.1) is 17.8 Å². The fourth-order valence-electron chi connectivity index (χ4n) is 4.25. The van der Waals surface area contributed by atoms with E-state index in [1.807, 2.05) is 48.5 Å². The van der Waals surface area contributed by atoms with Crippen LogP contribution in [0.15, 0.2) is 66.7 Å². The van der Waals surface area contributed by atoms with Gasteiger partial charge in [0.2, 0.25) is 0 Å². The molecule has 178 valence electrons. The molecule has 7 heteroatoms. The minimum atomic E-state index is -4.63. The highest BCUT2D eigenvalue weighted by molar-refractivity contribution is 5.74. The predicted octanol–water partition coefficient (Wildman–Crippen LogP) is 8.42.